The molecule has 2 heterocycles. The van der Waals surface area contributed by atoms with Crippen molar-refractivity contribution in [2.75, 3.05) is 31.2 Å². The molecule has 1 atom stereocenters. The fourth-order valence-electron chi connectivity index (χ4n) is 4.20. The van der Waals surface area contributed by atoms with E-state index in [9.17, 15) is 14.4 Å². The maximum atomic E-state index is 13.4. The van der Waals surface area contributed by atoms with Crippen molar-refractivity contribution in [2.24, 2.45) is 5.92 Å². The molecule has 0 aromatic heterocycles. The number of rotatable bonds is 3. The Morgan fingerprint density at radius 2 is 1.77 bits per heavy atom. The molecule has 0 spiro atoms. The molecular weight excluding hydrogens is 398 g/mol. The Bertz CT molecular complexity index is 1030. The second-order valence-corrected chi connectivity index (χ2v) is 8.93. The molecule has 154 valence electrons. The third kappa shape index (κ3) is 3.37. The van der Waals surface area contributed by atoms with Crippen LogP contribution in [0.15, 0.2) is 47.4 Å². The van der Waals surface area contributed by atoms with Gasteiger partial charge < -0.3 is 15.1 Å². The highest BCUT2D eigenvalue weighted by Crippen LogP contribution is 2.34. The fourth-order valence-corrected chi connectivity index (χ4v) is 4.61. The summed E-state index contributed by atoms with van der Waals surface area (Å²) >= 11 is 1.68. The van der Waals surface area contributed by atoms with Crippen molar-refractivity contribution < 1.29 is 14.4 Å². The molecule has 0 radical (unpaired) electrons. The number of carbonyl (C=O) groups is 3. The van der Waals surface area contributed by atoms with E-state index in [4.69, 9.17) is 0 Å². The summed E-state index contributed by atoms with van der Waals surface area (Å²) in [6, 6.07) is 13.1. The van der Waals surface area contributed by atoms with Crippen LogP contribution < -0.4 is 5.32 Å². The molecule has 1 aliphatic carbocycles. The molecule has 30 heavy (non-hydrogen) atoms. The Balaban J connectivity index is 1.44. The van der Waals surface area contributed by atoms with Gasteiger partial charge in [0.15, 0.2) is 0 Å². The zero-order chi connectivity index (χ0) is 20.8. The molecule has 2 fully saturated rings. The third-order valence-electron chi connectivity index (χ3n) is 6.11. The van der Waals surface area contributed by atoms with E-state index < -0.39 is 6.04 Å². The van der Waals surface area contributed by atoms with Crippen LogP contribution in [-0.4, -0.2) is 59.5 Å². The number of anilines is 1. The quantitative estimate of drug-likeness (QED) is 0.774. The maximum absolute atomic E-state index is 13.4. The summed E-state index contributed by atoms with van der Waals surface area (Å²) in [5.41, 5.74) is 2.99. The van der Waals surface area contributed by atoms with E-state index in [1.54, 1.807) is 27.6 Å². The van der Waals surface area contributed by atoms with Crippen molar-refractivity contribution in [3.8, 4) is 11.1 Å². The second-order valence-electron chi connectivity index (χ2n) is 8.05. The molecule has 1 saturated carbocycles. The highest BCUT2D eigenvalue weighted by Gasteiger charge is 2.43. The number of hydrogen-bond acceptors (Lipinski definition) is 4. The molecule has 2 aromatic rings. The zero-order valence-corrected chi connectivity index (χ0v) is 17.6. The Hall–Kier alpha value is -2.80. The number of amides is 3. The Morgan fingerprint density at radius 1 is 1.03 bits per heavy atom. The minimum Gasteiger partial charge on any atom is -0.338 e. The van der Waals surface area contributed by atoms with Gasteiger partial charge in [-0.2, -0.15) is 0 Å². The van der Waals surface area contributed by atoms with Crippen LogP contribution in [0, 0.1) is 5.92 Å². The molecule has 3 aliphatic rings. The zero-order valence-electron chi connectivity index (χ0n) is 16.8. The van der Waals surface area contributed by atoms with Crippen molar-refractivity contribution in [1.82, 2.24) is 9.80 Å². The van der Waals surface area contributed by atoms with Crippen LogP contribution >= 0.6 is 11.8 Å². The van der Waals surface area contributed by atoms with E-state index >= 15 is 0 Å². The standard InChI is InChI=1S/C23H23N3O3S/c1-30-17-7-4-14(5-8-17)16-6-9-19-18(12-16)23(29)26-11-10-25(22(28)15-2-3-15)13-20(26)21(27)24-19/h4-9,12,15,20H,2-3,10-11,13H2,1H3,(H,24,27). The van der Waals surface area contributed by atoms with E-state index in [1.807, 2.05) is 30.5 Å². The minimum absolute atomic E-state index is 0.110. The van der Waals surface area contributed by atoms with E-state index in [0.717, 1.165) is 24.0 Å². The van der Waals surface area contributed by atoms with Gasteiger partial charge in [-0.3, -0.25) is 14.4 Å². The second kappa shape index (κ2) is 7.47. The van der Waals surface area contributed by atoms with Crippen LogP contribution in [0.1, 0.15) is 23.2 Å². The lowest BCUT2D eigenvalue weighted by molar-refractivity contribution is -0.136. The van der Waals surface area contributed by atoms with Gasteiger partial charge in [0.1, 0.15) is 6.04 Å². The van der Waals surface area contributed by atoms with Gasteiger partial charge in [-0.25, -0.2) is 0 Å². The first-order valence-electron chi connectivity index (χ1n) is 10.2. The first kappa shape index (κ1) is 19.2. The first-order valence-corrected chi connectivity index (χ1v) is 11.5. The lowest BCUT2D eigenvalue weighted by Crippen LogP contribution is -2.59. The summed E-state index contributed by atoms with van der Waals surface area (Å²) in [7, 11) is 0. The minimum atomic E-state index is -0.648. The number of piperazine rings is 1. The Kier molecular flexibility index (Phi) is 4.77. The van der Waals surface area contributed by atoms with Crippen LogP contribution in [0.25, 0.3) is 11.1 Å². The summed E-state index contributed by atoms with van der Waals surface area (Å²) in [5.74, 6) is -0.159. The van der Waals surface area contributed by atoms with Crippen LogP contribution in [0.4, 0.5) is 5.69 Å². The molecule has 1 saturated heterocycles. The Morgan fingerprint density at radius 3 is 2.47 bits per heavy atom. The van der Waals surface area contributed by atoms with Crippen LogP contribution in [-0.2, 0) is 9.59 Å². The van der Waals surface area contributed by atoms with Gasteiger partial charge in [-0.15, -0.1) is 11.8 Å². The molecule has 3 amide bonds. The Labute approximate surface area is 179 Å². The fraction of sp³-hybridized carbons (Fsp3) is 0.348. The molecule has 1 unspecified atom stereocenters. The normalized spacial score (nSPS) is 20.9. The monoisotopic (exact) mass is 421 g/mol. The molecular formula is C23H23N3O3S. The predicted molar refractivity (Wildman–Crippen MR) is 116 cm³/mol. The lowest BCUT2D eigenvalue weighted by Gasteiger charge is -2.39. The summed E-state index contributed by atoms with van der Waals surface area (Å²) in [6.07, 6.45) is 3.90. The van der Waals surface area contributed by atoms with Gasteiger partial charge in [-0.05, 0) is 54.5 Å². The number of carbonyl (C=O) groups excluding carboxylic acids is 3. The smallest absolute Gasteiger partial charge is 0.256 e. The molecule has 2 aromatic carbocycles. The van der Waals surface area contributed by atoms with Gasteiger partial charge in [0.2, 0.25) is 11.8 Å². The number of nitrogens with one attached hydrogen (secondary N) is 1. The molecule has 7 heteroatoms. The van der Waals surface area contributed by atoms with E-state index in [1.165, 1.54) is 4.90 Å². The van der Waals surface area contributed by atoms with Gasteiger partial charge in [-0.1, -0.05) is 18.2 Å². The largest absolute Gasteiger partial charge is 0.338 e. The third-order valence-corrected chi connectivity index (χ3v) is 6.86. The summed E-state index contributed by atoms with van der Waals surface area (Å²) in [4.78, 5) is 43.3. The van der Waals surface area contributed by atoms with Crippen molar-refractivity contribution in [3.05, 3.63) is 48.0 Å². The number of nitrogens with zero attached hydrogens (tertiary/aromatic N) is 2. The summed E-state index contributed by atoms with van der Waals surface area (Å²) in [6.45, 7) is 1.13. The number of fused-ring (bicyclic) bond motifs is 2. The number of benzene rings is 2. The maximum Gasteiger partial charge on any atom is 0.256 e. The van der Waals surface area contributed by atoms with E-state index in [0.29, 0.717) is 24.3 Å². The number of thioether (sulfide) groups is 1. The SMILES string of the molecule is CSc1ccc(-c2ccc3c(c2)C(=O)N2CCN(C(=O)C4CC4)CC2C(=O)N3)cc1. The molecule has 1 N–H and O–H groups in total. The highest BCUT2D eigenvalue weighted by molar-refractivity contribution is 7.98. The van der Waals surface area contributed by atoms with Crippen LogP contribution in [0.2, 0.25) is 0 Å². The van der Waals surface area contributed by atoms with E-state index in [2.05, 4.69) is 17.4 Å². The van der Waals surface area contributed by atoms with Crippen LogP contribution in [0.5, 0.6) is 0 Å². The molecule has 2 aliphatic heterocycles. The van der Waals surface area contributed by atoms with Crippen molar-refractivity contribution in [3.63, 3.8) is 0 Å². The molecule has 0 bridgehead atoms. The number of hydrogen-bond donors (Lipinski definition) is 1. The highest BCUT2D eigenvalue weighted by atomic mass is 32.2. The first-order chi connectivity index (χ1) is 14.5. The predicted octanol–water partition coefficient (Wildman–Crippen LogP) is 3.09. The average molecular weight is 422 g/mol. The summed E-state index contributed by atoms with van der Waals surface area (Å²) < 4.78 is 0. The summed E-state index contributed by atoms with van der Waals surface area (Å²) in [5, 5.41) is 2.91. The van der Waals surface area contributed by atoms with Gasteiger partial charge in [0.05, 0.1) is 17.8 Å². The van der Waals surface area contributed by atoms with Gasteiger partial charge in [0, 0.05) is 23.9 Å². The van der Waals surface area contributed by atoms with Crippen molar-refractivity contribution >= 4 is 35.2 Å². The van der Waals surface area contributed by atoms with Crippen molar-refractivity contribution in [2.45, 2.75) is 23.8 Å². The van der Waals surface area contributed by atoms with Gasteiger partial charge in [0.25, 0.3) is 5.91 Å². The lowest BCUT2D eigenvalue weighted by atomic mass is 10.0. The topological polar surface area (TPSA) is 69.7 Å². The molecule has 5 rings (SSSR count). The van der Waals surface area contributed by atoms with Gasteiger partial charge >= 0.3 is 0 Å². The van der Waals surface area contributed by atoms with Crippen LogP contribution in [0.3, 0.4) is 0 Å². The molecule has 6 nitrogen and oxygen atoms in total. The van der Waals surface area contributed by atoms with E-state index in [-0.39, 0.29) is 30.2 Å². The average Bonchev–Trinajstić information content (AvgIpc) is 3.63. The van der Waals surface area contributed by atoms with Crippen molar-refractivity contribution in [1.29, 1.82) is 0 Å².